The third-order valence-corrected chi connectivity index (χ3v) is 13.2. The largest absolute Gasteiger partial charge is 0.756 e. The number of amides is 1. The van der Waals surface area contributed by atoms with Gasteiger partial charge >= 0.3 is 0 Å². The number of allylic oxidation sites excluding steroid dienone is 2. The van der Waals surface area contributed by atoms with E-state index in [4.69, 9.17) is 9.05 Å². The van der Waals surface area contributed by atoms with Gasteiger partial charge in [-0.3, -0.25) is 9.36 Å². The van der Waals surface area contributed by atoms with Crippen LogP contribution in [0.2, 0.25) is 0 Å². The Morgan fingerprint density at radius 2 is 0.902 bits per heavy atom. The Kier molecular flexibility index (Phi) is 43.9. The fourth-order valence-electron chi connectivity index (χ4n) is 8.04. The SMILES string of the molecule is CCCCCCCCCCCCCC/C=C\CCCCCCCCCC(=O)NC(COP(=O)([O-])OCC[N+](C)(C)C)C(O)CCCCCCCCCCCCCCCCCC. The molecule has 2 N–H and O–H groups in total. The number of quaternary nitrogens is 1. The molecule has 3 atom stereocenters. The fourth-order valence-corrected chi connectivity index (χ4v) is 8.76. The summed E-state index contributed by atoms with van der Waals surface area (Å²) < 4.78 is 23.4. The monoisotopic (exact) mass is 885 g/mol. The number of hydrogen-bond donors (Lipinski definition) is 2. The summed E-state index contributed by atoms with van der Waals surface area (Å²) in [6, 6.07) is -0.799. The van der Waals surface area contributed by atoms with Crippen LogP contribution < -0.4 is 10.2 Å². The molecule has 61 heavy (non-hydrogen) atoms. The Hall–Kier alpha value is -0.760. The molecule has 0 aromatic heterocycles. The molecular formula is C52H105N2O6P. The molecule has 0 heterocycles. The summed E-state index contributed by atoms with van der Waals surface area (Å²) in [5, 5.41) is 14.0. The zero-order valence-corrected chi connectivity index (χ0v) is 42.3. The Morgan fingerprint density at radius 3 is 1.28 bits per heavy atom. The first-order valence-electron chi connectivity index (χ1n) is 26.5. The predicted molar refractivity (Wildman–Crippen MR) is 261 cm³/mol. The quantitative estimate of drug-likeness (QED) is 0.0273. The number of phosphoric acid groups is 1. The van der Waals surface area contributed by atoms with Crippen LogP contribution in [-0.2, 0) is 18.4 Å². The highest BCUT2D eigenvalue weighted by molar-refractivity contribution is 7.45. The second-order valence-corrected chi connectivity index (χ2v) is 21.0. The molecule has 0 saturated heterocycles. The van der Waals surface area contributed by atoms with Crippen LogP contribution in [0.3, 0.4) is 0 Å². The maximum Gasteiger partial charge on any atom is 0.268 e. The van der Waals surface area contributed by atoms with Crippen molar-refractivity contribution in [2.75, 3.05) is 40.9 Å². The lowest BCUT2D eigenvalue weighted by molar-refractivity contribution is -0.870. The molecule has 3 unspecified atom stereocenters. The van der Waals surface area contributed by atoms with E-state index in [1.165, 1.54) is 199 Å². The molecule has 1 amide bonds. The van der Waals surface area contributed by atoms with Crippen LogP contribution in [0.5, 0.6) is 0 Å². The first-order chi connectivity index (χ1) is 29.5. The van der Waals surface area contributed by atoms with E-state index in [9.17, 15) is 19.4 Å². The minimum atomic E-state index is -4.57. The highest BCUT2D eigenvalue weighted by Gasteiger charge is 2.24. The molecule has 0 aliphatic rings. The molecule has 0 spiro atoms. The van der Waals surface area contributed by atoms with Gasteiger partial charge in [0.2, 0.25) is 5.91 Å². The van der Waals surface area contributed by atoms with E-state index in [0.717, 1.165) is 38.5 Å². The Bertz CT molecular complexity index is 1000. The van der Waals surface area contributed by atoms with E-state index < -0.39 is 20.0 Å². The lowest BCUT2D eigenvalue weighted by atomic mass is 10.0. The van der Waals surface area contributed by atoms with Gasteiger partial charge in [0, 0.05) is 6.42 Å². The number of phosphoric ester groups is 1. The topological polar surface area (TPSA) is 108 Å². The van der Waals surface area contributed by atoms with Gasteiger partial charge < -0.3 is 28.8 Å². The molecule has 364 valence electrons. The van der Waals surface area contributed by atoms with Crippen LogP contribution >= 0.6 is 7.82 Å². The zero-order valence-electron chi connectivity index (χ0n) is 41.4. The minimum Gasteiger partial charge on any atom is -0.756 e. The molecule has 0 radical (unpaired) electrons. The van der Waals surface area contributed by atoms with Crippen molar-refractivity contribution in [3.8, 4) is 0 Å². The molecule has 9 heteroatoms. The number of carbonyl (C=O) groups excluding carboxylic acids is 1. The van der Waals surface area contributed by atoms with E-state index in [-0.39, 0.29) is 19.1 Å². The van der Waals surface area contributed by atoms with E-state index in [1.807, 2.05) is 21.1 Å². The number of hydrogen-bond acceptors (Lipinski definition) is 6. The maximum absolute atomic E-state index is 12.9. The molecule has 8 nitrogen and oxygen atoms in total. The summed E-state index contributed by atoms with van der Waals surface area (Å²) in [7, 11) is 1.31. The first-order valence-corrected chi connectivity index (χ1v) is 28.0. The van der Waals surface area contributed by atoms with Crippen LogP contribution in [0.25, 0.3) is 0 Å². The minimum absolute atomic E-state index is 0.0135. The van der Waals surface area contributed by atoms with Gasteiger partial charge in [-0.1, -0.05) is 231 Å². The van der Waals surface area contributed by atoms with Gasteiger partial charge in [0.15, 0.2) is 0 Å². The molecule has 0 aromatic carbocycles. The third-order valence-electron chi connectivity index (χ3n) is 12.3. The highest BCUT2D eigenvalue weighted by Crippen LogP contribution is 2.38. The molecule has 0 aliphatic carbocycles. The lowest BCUT2D eigenvalue weighted by Gasteiger charge is -2.30. The van der Waals surface area contributed by atoms with Gasteiger partial charge in [0.05, 0.1) is 39.9 Å². The molecule has 0 aliphatic heterocycles. The standard InChI is InChI=1S/C52H105N2O6P/c1-6-8-10-12-14-16-18-20-22-24-25-26-27-28-29-30-32-34-36-38-40-42-44-46-52(56)53-50(49-60-61(57,58)59-48-47-54(3,4)5)51(55)45-43-41-39-37-35-33-31-23-21-19-17-15-13-11-9-7-2/h28-29,50-51,55H,6-27,30-49H2,1-5H3,(H-,53,56,57,58)/b29-28-. The van der Waals surface area contributed by atoms with Gasteiger partial charge in [0.25, 0.3) is 7.82 Å². The van der Waals surface area contributed by atoms with Crippen molar-refractivity contribution >= 4 is 13.7 Å². The van der Waals surface area contributed by atoms with E-state index in [0.29, 0.717) is 23.9 Å². The number of aliphatic hydroxyl groups excluding tert-OH is 1. The number of likely N-dealkylation sites (N-methyl/N-ethyl adjacent to an activating group) is 1. The number of carbonyl (C=O) groups is 1. The van der Waals surface area contributed by atoms with Crippen molar-refractivity contribution in [1.29, 1.82) is 0 Å². The smallest absolute Gasteiger partial charge is 0.268 e. The van der Waals surface area contributed by atoms with Crippen molar-refractivity contribution < 1.29 is 32.9 Å². The van der Waals surface area contributed by atoms with Crippen molar-refractivity contribution in [3.63, 3.8) is 0 Å². The molecule has 0 saturated carbocycles. The van der Waals surface area contributed by atoms with Gasteiger partial charge in [-0.05, 0) is 38.5 Å². The number of rotatable bonds is 49. The number of unbranched alkanes of at least 4 members (excludes halogenated alkanes) is 34. The van der Waals surface area contributed by atoms with Crippen molar-refractivity contribution in [2.24, 2.45) is 0 Å². The van der Waals surface area contributed by atoms with E-state index >= 15 is 0 Å². The normalized spacial score (nSPS) is 14.1. The lowest BCUT2D eigenvalue weighted by Crippen LogP contribution is -2.46. The maximum atomic E-state index is 12.9. The van der Waals surface area contributed by atoms with Crippen LogP contribution in [0.1, 0.15) is 264 Å². The number of nitrogens with zero attached hydrogens (tertiary/aromatic N) is 1. The zero-order chi connectivity index (χ0) is 45.0. The summed E-state index contributed by atoms with van der Waals surface area (Å²) >= 11 is 0. The van der Waals surface area contributed by atoms with Crippen LogP contribution in [0, 0.1) is 0 Å². The molecule has 0 fully saturated rings. The molecule has 0 rings (SSSR count). The summed E-state index contributed by atoms with van der Waals surface area (Å²) in [5.41, 5.74) is 0. The van der Waals surface area contributed by atoms with E-state index in [2.05, 4.69) is 31.3 Å². The van der Waals surface area contributed by atoms with Gasteiger partial charge in [-0.15, -0.1) is 0 Å². The summed E-state index contributed by atoms with van der Waals surface area (Å²) in [5.74, 6) is -0.165. The molecule has 0 aromatic rings. The van der Waals surface area contributed by atoms with Gasteiger partial charge in [-0.25, -0.2) is 0 Å². The Labute approximate surface area is 380 Å². The second-order valence-electron chi connectivity index (χ2n) is 19.6. The van der Waals surface area contributed by atoms with Crippen LogP contribution in [0.4, 0.5) is 0 Å². The summed E-state index contributed by atoms with van der Waals surface area (Å²) in [6.45, 7) is 4.75. The molecule has 0 bridgehead atoms. The Balaban J connectivity index is 4.20. The van der Waals surface area contributed by atoms with Crippen molar-refractivity contribution in [1.82, 2.24) is 5.32 Å². The van der Waals surface area contributed by atoms with Gasteiger partial charge in [-0.2, -0.15) is 0 Å². The third kappa shape index (κ3) is 47.0. The number of aliphatic hydroxyl groups is 1. The van der Waals surface area contributed by atoms with Crippen molar-refractivity contribution in [2.45, 2.75) is 276 Å². The summed E-state index contributed by atoms with van der Waals surface area (Å²) in [6.07, 6.45) is 52.3. The van der Waals surface area contributed by atoms with Crippen LogP contribution in [0.15, 0.2) is 12.2 Å². The van der Waals surface area contributed by atoms with Crippen LogP contribution in [-0.4, -0.2) is 68.5 Å². The molecular weight excluding hydrogens is 780 g/mol. The highest BCUT2D eigenvalue weighted by atomic mass is 31.2. The fraction of sp³-hybridized carbons (Fsp3) is 0.942. The van der Waals surface area contributed by atoms with Crippen molar-refractivity contribution in [3.05, 3.63) is 12.2 Å². The van der Waals surface area contributed by atoms with E-state index in [1.54, 1.807) is 0 Å². The predicted octanol–water partition coefficient (Wildman–Crippen LogP) is 14.8. The van der Waals surface area contributed by atoms with Gasteiger partial charge in [0.1, 0.15) is 13.2 Å². The summed E-state index contributed by atoms with van der Waals surface area (Å²) in [4.78, 5) is 25.4. The Morgan fingerprint density at radius 1 is 0.557 bits per heavy atom. The second kappa shape index (κ2) is 44.4. The average molecular weight is 885 g/mol. The number of nitrogens with one attached hydrogen (secondary N) is 1. The average Bonchev–Trinajstić information content (AvgIpc) is 3.21. The first kappa shape index (κ1) is 60.2.